The van der Waals surface area contributed by atoms with Crippen LogP contribution in [-0.4, -0.2) is 35.1 Å². The summed E-state index contributed by atoms with van der Waals surface area (Å²) in [5, 5.41) is 9.18. The summed E-state index contributed by atoms with van der Waals surface area (Å²) in [6.45, 7) is 0. The van der Waals surface area contributed by atoms with E-state index in [0.29, 0.717) is 5.69 Å². The van der Waals surface area contributed by atoms with E-state index in [1.165, 1.54) is 12.3 Å². The Bertz CT molecular complexity index is 629. The van der Waals surface area contributed by atoms with Crippen molar-refractivity contribution in [2.45, 2.75) is 0 Å². The second kappa shape index (κ2) is 5.24. The summed E-state index contributed by atoms with van der Waals surface area (Å²) in [7, 11) is 3.73. The number of aromatic carboxylic acids is 1. The van der Waals surface area contributed by atoms with E-state index in [0.717, 1.165) is 11.4 Å². The highest BCUT2D eigenvalue weighted by Gasteiger charge is 2.14. The molecule has 2 rings (SSSR count). The maximum Gasteiger partial charge on any atom is 0.337 e. The Hall–Kier alpha value is -2.14. The van der Waals surface area contributed by atoms with Crippen LogP contribution in [-0.2, 0) is 0 Å². The number of carbonyl (C=O) groups is 1. The molecule has 0 fully saturated rings. The van der Waals surface area contributed by atoms with Crippen LogP contribution in [0.2, 0.25) is 5.02 Å². The van der Waals surface area contributed by atoms with E-state index in [2.05, 4.69) is 9.97 Å². The van der Waals surface area contributed by atoms with Gasteiger partial charge in [-0.2, -0.15) is 0 Å². The number of rotatable bonds is 3. The Morgan fingerprint density at radius 1 is 1.37 bits per heavy atom. The highest BCUT2D eigenvalue weighted by molar-refractivity contribution is 6.33. The van der Waals surface area contributed by atoms with Crippen molar-refractivity contribution in [1.29, 1.82) is 0 Å². The summed E-state index contributed by atoms with van der Waals surface area (Å²) < 4.78 is 0. The van der Waals surface area contributed by atoms with Crippen LogP contribution in [0.3, 0.4) is 0 Å². The van der Waals surface area contributed by atoms with E-state index < -0.39 is 5.97 Å². The van der Waals surface area contributed by atoms with Gasteiger partial charge in [-0.15, -0.1) is 0 Å². The SMILES string of the molecule is CN(C)c1ncccc1-c1ncc(C(=O)O)cc1Cl. The molecule has 0 aromatic carbocycles. The van der Waals surface area contributed by atoms with Crippen LogP contribution in [0.1, 0.15) is 10.4 Å². The van der Waals surface area contributed by atoms with Crippen molar-refractivity contribution in [3.8, 4) is 11.3 Å². The third-order valence-corrected chi connectivity index (χ3v) is 2.84. The molecule has 0 unspecified atom stereocenters. The third kappa shape index (κ3) is 2.66. The number of carboxylic acid groups (broad SMARTS) is 1. The fraction of sp³-hybridized carbons (Fsp3) is 0.154. The first kappa shape index (κ1) is 13.3. The van der Waals surface area contributed by atoms with E-state index in [9.17, 15) is 4.79 Å². The van der Waals surface area contributed by atoms with Gasteiger partial charge in [0.25, 0.3) is 0 Å². The molecule has 1 N–H and O–H groups in total. The maximum atomic E-state index is 10.9. The molecule has 0 radical (unpaired) electrons. The molecular weight excluding hydrogens is 266 g/mol. The molecular formula is C13H12ClN3O2. The number of nitrogens with zero attached hydrogens (tertiary/aromatic N) is 3. The molecule has 0 aliphatic rings. The minimum absolute atomic E-state index is 0.0593. The summed E-state index contributed by atoms with van der Waals surface area (Å²) >= 11 is 6.11. The van der Waals surface area contributed by atoms with Gasteiger partial charge in [-0.3, -0.25) is 4.98 Å². The monoisotopic (exact) mass is 277 g/mol. The summed E-state index contributed by atoms with van der Waals surface area (Å²) in [6.07, 6.45) is 2.97. The van der Waals surface area contributed by atoms with Crippen LogP contribution in [0, 0.1) is 0 Å². The van der Waals surface area contributed by atoms with Crippen LogP contribution >= 0.6 is 11.6 Å². The lowest BCUT2D eigenvalue weighted by atomic mass is 10.1. The molecule has 6 heteroatoms. The van der Waals surface area contributed by atoms with Gasteiger partial charge in [-0.05, 0) is 18.2 Å². The highest BCUT2D eigenvalue weighted by Crippen LogP contribution is 2.31. The van der Waals surface area contributed by atoms with Gasteiger partial charge < -0.3 is 10.0 Å². The zero-order chi connectivity index (χ0) is 14.0. The second-order valence-corrected chi connectivity index (χ2v) is 4.54. The van der Waals surface area contributed by atoms with Gasteiger partial charge in [-0.25, -0.2) is 9.78 Å². The fourth-order valence-electron chi connectivity index (χ4n) is 1.69. The summed E-state index contributed by atoms with van der Waals surface area (Å²) in [4.78, 5) is 21.1. The quantitative estimate of drug-likeness (QED) is 0.934. The molecule has 0 saturated carbocycles. The van der Waals surface area contributed by atoms with Crippen molar-refractivity contribution < 1.29 is 9.90 Å². The average molecular weight is 278 g/mol. The molecule has 5 nitrogen and oxygen atoms in total. The topological polar surface area (TPSA) is 66.3 Å². The fourth-order valence-corrected chi connectivity index (χ4v) is 1.96. The molecule has 0 atom stereocenters. The zero-order valence-corrected chi connectivity index (χ0v) is 11.2. The van der Waals surface area contributed by atoms with E-state index in [-0.39, 0.29) is 10.6 Å². The van der Waals surface area contributed by atoms with Gasteiger partial charge >= 0.3 is 5.97 Å². The van der Waals surface area contributed by atoms with Gasteiger partial charge in [0.1, 0.15) is 5.82 Å². The van der Waals surface area contributed by atoms with Crippen LogP contribution in [0.4, 0.5) is 5.82 Å². The first-order valence-electron chi connectivity index (χ1n) is 5.52. The van der Waals surface area contributed by atoms with E-state index in [4.69, 9.17) is 16.7 Å². The average Bonchev–Trinajstić information content (AvgIpc) is 2.38. The Balaban J connectivity index is 2.57. The van der Waals surface area contributed by atoms with Crippen molar-refractivity contribution in [3.63, 3.8) is 0 Å². The lowest BCUT2D eigenvalue weighted by Gasteiger charge is -2.16. The Morgan fingerprint density at radius 3 is 2.68 bits per heavy atom. The molecule has 0 aliphatic carbocycles. The van der Waals surface area contributed by atoms with Crippen molar-refractivity contribution in [1.82, 2.24) is 9.97 Å². The van der Waals surface area contributed by atoms with Crippen LogP contribution in [0.25, 0.3) is 11.3 Å². The molecule has 2 aromatic heterocycles. The molecule has 0 aliphatic heterocycles. The van der Waals surface area contributed by atoms with Gasteiger partial charge in [-0.1, -0.05) is 11.6 Å². The standard InChI is InChI=1S/C13H12ClN3O2/c1-17(2)12-9(4-3-5-15-12)11-10(14)6-8(7-16-11)13(18)19/h3-7H,1-2H3,(H,18,19). The minimum atomic E-state index is -1.06. The van der Waals surface area contributed by atoms with Gasteiger partial charge in [0, 0.05) is 32.1 Å². The molecule has 98 valence electrons. The summed E-state index contributed by atoms with van der Waals surface area (Å²) in [6, 6.07) is 5.01. The number of hydrogen-bond acceptors (Lipinski definition) is 4. The predicted molar refractivity (Wildman–Crippen MR) is 73.8 cm³/mol. The molecule has 0 bridgehead atoms. The van der Waals surface area contributed by atoms with Crippen LogP contribution < -0.4 is 4.90 Å². The van der Waals surface area contributed by atoms with Crippen molar-refractivity contribution >= 4 is 23.4 Å². The second-order valence-electron chi connectivity index (χ2n) is 4.13. The lowest BCUT2D eigenvalue weighted by molar-refractivity contribution is 0.0696. The molecule has 2 aromatic rings. The van der Waals surface area contributed by atoms with Crippen molar-refractivity contribution in [2.24, 2.45) is 0 Å². The molecule has 0 saturated heterocycles. The van der Waals surface area contributed by atoms with Crippen LogP contribution in [0.15, 0.2) is 30.6 Å². The van der Waals surface area contributed by atoms with Crippen molar-refractivity contribution in [2.75, 3.05) is 19.0 Å². The third-order valence-electron chi connectivity index (χ3n) is 2.55. The Labute approximate surface area is 115 Å². The van der Waals surface area contributed by atoms with Gasteiger partial charge in [0.15, 0.2) is 0 Å². The highest BCUT2D eigenvalue weighted by atomic mass is 35.5. The van der Waals surface area contributed by atoms with E-state index in [1.54, 1.807) is 12.3 Å². The number of halogens is 1. The summed E-state index contributed by atoms with van der Waals surface area (Å²) in [5.74, 6) is -0.333. The smallest absolute Gasteiger partial charge is 0.337 e. The number of aromatic nitrogens is 2. The molecule has 19 heavy (non-hydrogen) atoms. The number of anilines is 1. The lowest BCUT2D eigenvalue weighted by Crippen LogP contribution is -2.12. The Kier molecular flexibility index (Phi) is 3.66. The predicted octanol–water partition coefficient (Wildman–Crippen LogP) is 2.56. The van der Waals surface area contributed by atoms with Crippen LogP contribution in [0.5, 0.6) is 0 Å². The molecule has 2 heterocycles. The number of carboxylic acids is 1. The normalized spacial score (nSPS) is 10.3. The Morgan fingerprint density at radius 2 is 2.11 bits per heavy atom. The van der Waals surface area contributed by atoms with Gasteiger partial charge in [0.2, 0.25) is 0 Å². The minimum Gasteiger partial charge on any atom is -0.478 e. The maximum absolute atomic E-state index is 10.9. The molecule has 0 amide bonds. The van der Waals surface area contributed by atoms with Gasteiger partial charge in [0.05, 0.1) is 16.3 Å². The van der Waals surface area contributed by atoms with E-state index >= 15 is 0 Å². The molecule has 0 spiro atoms. The summed E-state index contributed by atoms with van der Waals surface area (Å²) in [5.41, 5.74) is 1.34. The largest absolute Gasteiger partial charge is 0.478 e. The van der Waals surface area contributed by atoms with E-state index in [1.807, 2.05) is 25.1 Å². The number of pyridine rings is 2. The first-order valence-corrected chi connectivity index (χ1v) is 5.90. The van der Waals surface area contributed by atoms with Crippen molar-refractivity contribution in [3.05, 3.63) is 41.2 Å². The number of hydrogen-bond donors (Lipinski definition) is 1. The first-order chi connectivity index (χ1) is 9.00. The zero-order valence-electron chi connectivity index (χ0n) is 10.5.